The van der Waals surface area contributed by atoms with Crippen LogP contribution in [0.1, 0.15) is 26.7 Å². The third kappa shape index (κ3) is 4.67. The molecule has 1 aliphatic rings. The van der Waals surface area contributed by atoms with Crippen LogP contribution in [0.15, 0.2) is 0 Å². The minimum atomic E-state index is -0.482. The van der Waals surface area contributed by atoms with Crippen LogP contribution in [0.5, 0.6) is 0 Å². The first-order valence-electron chi connectivity index (χ1n) is 5.45. The number of nitrogens with one attached hydrogen (secondary N) is 3. The maximum absolute atomic E-state index is 11.3. The van der Waals surface area contributed by atoms with E-state index in [1.54, 1.807) is 6.92 Å². The Morgan fingerprint density at radius 1 is 1.33 bits per heavy atom. The molecule has 3 N–H and O–H groups in total. The van der Waals surface area contributed by atoms with Gasteiger partial charge in [-0.15, -0.1) is 0 Å². The summed E-state index contributed by atoms with van der Waals surface area (Å²) >= 11 is 0. The lowest BCUT2D eigenvalue weighted by molar-refractivity contribution is -0.122. The van der Waals surface area contributed by atoms with Crippen molar-refractivity contribution in [2.75, 3.05) is 13.1 Å². The maximum atomic E-state index is 11.3. The van der Waals surface area contributed by atoms with E-state index in [-0.39, 0.29) is 11.9 Å². The molecule has 1 saturated carbocycles. The average Bonchev–Trinajstić information content (AvgIpc) is 2.98. The molecule has 1 rings (SSSR count). The third-order valence-corrected chi connectivity index (χ3v) is 2.34. The van der Waals surface area contributed by atoms with Gasteiger partial charge in [0.15, 0.2) is 0 Å². The molecule has 1 atom stereocenters. The van der Waals surface area contributed by atoms with Crippen LogP contribution >= 0.6 is 0 Å². The van der Waals surface area contributed by atoms with Gasteiger partial charge in [-0.25, -0.2) is 4.79 Å². The second-order valence-electron chi connectivity index (χ2n) is 3.91. The van der Waals surface area contributed by atoms with Gasteiger partial charge in [0, 0.05) is 13.1 Å². The van der Waals surface area contributed by atoms with E-state index in [0.29, 0.717) is 19.0 Å². The number of carbonyl (C=O) groups is 2. The highest BCUT2D eigenvalue weighted by Gasteiger charge is 2.22. The summed E-state index contributed by atoms with van der Waals surface area (Å²) in [5.41, 5.74) is 0. The van der Waals surface area contributed by atoms with Crippen molar-refractivity contribution in [3.8, 4) is 0 Å². The molecule has 1 fully saturated rings. The first-order chi connectivity index (χ1) is 7.13. The molecule has 5 heteroatoms. The highest BCUT2D eigenvalue weighted by atomic mass is 16.2. The van der Waals surface area contributed by atoms with Crippen molar-refractivity contribution in [1.29, 1.82) is 0 Å². The van der Waals surface area contributed by atoms with E-state index in [9.17, 15) is 9.59 Å². The van der Waals surface area contributed by atoms with E-state index in [1.165, 1.54) is 12.8 Å². The normalized spacial score (nSPS) is 16.7. The molecule has 0 aromatic heterocycles. The van der Waals surface area contributed by atoms with Crippen LogP contribution < -0.4 is 16.0 Å². The predicted molar refractivity (Wildman–Crippen MR) is 57.4 cm³/mol. The Balaban J connectivity index is 2.14. The Kier molecular flexibility index (Phi) is 4.39. The number of amides is 3. The molecule has 3 amide bonds. The standard InChI is InChI=1S/C10H19N3O2/c1-3-11-9(14)7(2)13-10(15)12-6-8-4-5-8/h7-8H,3-6H2,1-2H3,(H,11,14)(H2,12,13,15)/t7-/m0/s1. The predicted octanol–water partition coefficient (Wildman–Crippen LogP) is 0.220. The molecule has 0 aromatic carbocycles. The van der Waals surface area contributed by atoms with Crippen molar-refractivity contribution in [3.05, 3.63) is 0 Å². The maximum Gasteiger partial charge on any atom is 0.315 e. The summed E-state index contributed by atoms with van der Waals surface area (Å²) in [7, 11) is 0. The van der Waals surface area contributed by atoms with Crippen LogP contribution in [0.2, 0.25) is 0 Å². The summed E-state index contributed by atoms with van der Waals surface area (Å²) in [5.74, 6) is 0.495. The second-order valence-corrected chi connectivity index (χ2v) is 3.91. The second kappa shape index (κ2) is 5.58. The Morgan fingerprint density at radius 2 is 2.00 bits per heavy atom. The van der Waals surface area contributed by atoms with E-state index >= 15 is 0 Å². The first-order valence-corrected chi connectivity index (χ1v) is 5.45. The number of rotatable bonds is 5. The van der Waals surface area contributed by atoms with Crippen molar-refractivity contribution in [2.45, 2.75) is 32.7 Å². The minimum Gasteiger partial charge on any atom is -0.355 e. The number of carbonyl (C=O) groups excluding carboxylic acids is 2. The Morgan fingerprint density at radius 3 is 2.53 bits per heavy atom. The molecule has 86 valence electrons. The molecule has 0 radical (unpaired) electrons. The van der Waals surface area contributed by atoms with Crippen LogP contribution in [0.3, 0.4) is 0 Å². The lowest BCUT2D eigenvalue weighted by Crippen LogP contribution is -2.48. The van der Waals surface area contributed by atoms with E-state index in [1.807, 2.05) is 6.92 Å². The van der Waals surface area contributed by atoms with Crippen molar-refractivity contribution in [3.63, 3.8) is 0 Å². The fraction of sp³-hybridized carbons (Fsp3) is 0.800. The van der Waals surface area contributed by atoms with Gasteiger partial charge in [0.05, 0.1) is 0 Å². The molecule has 0 spiro atoms. The Bertz CT molecular complexity index is 239. The summed E-state index contributed by atoms with van der Waals surface area (Å²) in [6.45, 7) is 4.81. The molecule has 0 aromatic rings. The molecule has 0 heterocycles. The fourth-order valence-corrected chi connectivity index (χ4v) is 1.20. The van der Waals surface area contributed by atoms with Gasteiger partial charge in [-0.2, -0.15) is 0 Å². The monoisotopic (exact) mass is 213 g/mol. The highest BCUT2D eigenvalue weighted by molar-refractivity contribution is 5.86. The summed E-state index contributed by atoms with van der Waals surface area (Å²) in [4.78, 5) is 22.6. The fourth-order valence-electron chi connectivity index (χ4n) is 1.20. The van der Waals surface area contributed by atoms with Gasteiger partial charge in [-0.05, 0) is 32.6 Å². The van der Waals surface area contributed by atoms with Crippen molar-refractivity contribution in [2.24, 2.45) is 5.92 Å². The van der Waals surface area contributed by atoms with Gasteiger partial charge in [-0.3, -0.25) is 4.79 Å². The summed E-state index contributed by atoms with van der Waals surface area (Å²) in [5, 5.41) is 7.97. The van der Waals surface area contributed by atoms with Crippen LogP contribution in [-0.4, -0.2) is 31.1 Å². The zero-order chi connectivity index (χ0) is 11.3. The van der Waals surface area contributed by atoms with Crippen molar-refractivity contribution >= 4 is 11.9 Å². The van der Waals surface area contributed by atoms with Crippen molar-refractivity contribution in [1.82, 2.24) is 16.0 Å². The number of hydrogen-bond acceptors (Lipinski definition) is 2. The van der Waals surface area contributed by atoms with E-state index in [4.69, 9.17) is 0 Å². The number of urea groups is 1. The van der Waals surface area contributed by atoms with Gasteiger partial charge in [0.25, 0.3) is 0 Å². The highest BCUT2D eigenvalue weighted by Crippen LogP contribution is 2.27. The van der Waals surface area contributed by atoms with Crippen molar-refractivity contribution < 1.29 is 9.59 Å². The van der Waals surface area contributed by atoms with Crippen LogP contribution in [0.25, 0.3) is 0 Å². The smallest absolute Gasteiger partial charge is 0.315 e. The summed E-state index contributed by atoms with van der Waals surface area (Å²) < 4.78 is 0. The summed E-state index contributed by atoms with van der Waals surface area (Å²) in [6.07, 6.45) is 2.40. The minimum absolute atomic E-state index is 0.154. The van der Waals surface area contributed by atoms with Gasteiger partial charge in [-0.1, -0.05) is 0 Å². The van der Waals surface area contributed by atoms with E-state index in [2.05, 4.69) is 16.0 Å². The van der Waals surface area contributed by atoms with E-state index < -0.39 is 6.04 Å². The topological polar surface area (TPSA) is 70.2 Å². The number of hydrogen-bond donors (Lipinski definition) is 3. The first kappa shape index (κ1) is 11.8. The molecule has 0 saturated heterocycles. The van der Waals surface area contributed by atoms with Crippen LogP contribution in [0.4, 0.5) is 4.79 Å². The third-order valence-electron chi connectivity index (χ3n) is 2.34. The zero-order valence-corrected chi connectivity index (χ0v) is 9.30. The van der Waals surface area contributed by atoms with Gasteiger partial charge >= 0.3 is 6.03 Å². The van der Waals surface area contributed by atoms with Gasteiger partial charge in [0.1, 0.15) is 6.04 Å². The quantitative estimate of drug-likeness (QED) is 0.611. The number of likely N-dealkylation sites (N-methyl/N-ethyl adjacent to an activating group) is 1. The van der Waals surface area contributed by atoms with Crippen LogP contribution in [-0.2, 0) is 4.79 Å². The summed E-state index contributed by atoms with van der Waals surface area (Å²) in [6, 6.07) is -0.746. The SMILES string of the molecule is CCNC(=O)[C@H](C)NC(=O)NCC1CC1. The van der Waals surface area contributed by atoms with E-state index in [0.717, 1.165) is 0 Å². The largest absolute Gasteiger partial charge is 0.355 e. The van der Waals surface area contributed by atoms with Gasteiger partial charge in [0.2, 0.25) is 5.91 Å². The molecule has 0 unspecified atom stereocenters. The van der Waals surface area contributed by atoms with Gasteiger partial charge < -0.3 is 16.0 Å². The molecular formula is C10H19N3O2. The molecular weight excluding hydrogens is 194 g/mol. The molecule has 5 nitrogen and oxygen atoms in total. The lowest BCUT2D eigenvalue weighted by Gasteiger charge is -2.13. The molecule has 0 bridgehead atoms. The molecule has 0 aliphatic heterocycles. The Hall–Kier alpha value is -1.26. The molecule has 15 heavy (non-hydrogen) atoms. The van der Waals surface area contributed by atoms with Crippen LogP contribution in [0, 0.1) is 5.92 Å². The molecule has 1 aliphatic carbocycles. The Labute approximate surface area is 90.0 Å². The average molecular weight is 213 g/mol. The lowest BCUT2D eigenvalue weighted by atomic mass is 10.3. The zero-order valence-electron chi connectivity index (χ0n) is 9.30.